The molecule has 0 aromatic heterocycles. The van der Waals surface area contributed by atoms with Crippen molar-refractivity contribution in [1.29, 1.82) is 0 Å². The predicted molar refractivity (Wildman–Crippen MR) is 73.7 cm³/mol. The van der Waals surface area contributed by atoms with E-state index in [0.29, 0.717) is 16.8 Å². The number of nitrogens with one attached hydrogen (secondary N) is 1. The second kappa shape index (κ2) is 7.33. The third-order valence-electron chi connectivity index (χ3n) is 2.92. The zero-order valence-electron chi connectivity index (χ0n) is 11.4. The van der Waals surface area contributed by atoms with E-state index < -0.39 is 12.8 Å². The van der Waals surface area contributed by atoms with E-state index in [1.807, 2.05) is 6.07 Å². The molecule has 1 fully saturated rings. The van der Waals surface area contributed by atoms with Crippen LogP contribution in [0.3, 0.4) is 0 Å². The van der Waals surface area contributed by atoms with Crippen LogP contribution in [0.1, 0.15) is 18.4 Å². The molecule has 0 radical (unpaired) electrons. The Morgan fingerprint density at radius 3 is 2.62 bits per heavy atom. The molecule has 1 saturated carbocycles. The van der Waals surface area contributed by atoms with Crippen LogP contribution in [-0.4, -0.2) is 32.0 Å². The zero-order chi connectivity index (χ0) is 15.3. The molecular weight excluding hydrogens is 307 g/mol. The fourth-order valence-corrected chi connectivity index (χ4v) is 1.98. The molecular formula is C14H17ClF3NO2. The van der Waals surface area contributed by atoms with Crippen LogP contribution < -0.4 is 10.1 Å². The van der Waals surface area contributed by atoms with Crippen LogP contribution in [0.15, 0.2) is 18.2 Å². The number of halogens is 4. The third kappa shape index (κ3) is 6.54. The van der Waals surface area contributed by atoms with Gasteiger partial charge in [-0.05, 0) is 30.5 Å². The lowest BCUT2D eigenvalue weighted by Crippen LogP contribution is -2.19. The van der Waals surface area contributed by atoms with Crippen molar-refractivity contribution >= 4 is 11.6 Å². The van der Waals surface area contributed by atoms with E-state index in [-0.39, 0.29) is 13.2 Å². The molecule has 0 saturated heterocycles. The van der Waals surface area contributed by atoms with Gasteiger partial charge in [0.25, 0.3) is 0 Å². The van der Waals surface area contributed by atoms with E-state index in [1.165, 1.54) is 12.8 Å². The van der Waals surface area contributed by atoms with Gasteiger partial charge in [-0.2, -0.15) is 13.2 Å². The maximum Gasteiger partial charge on any atom is 0.411 e. The molecule has 0 bridgehead atoms. The van der Waals surface area contributed by atoms with Gasteiger partial charge < -0.3 is 14.8 Å². The summed E-state index contributed by atoms with van der Waals surface area (Å²) in [6, 6.07) is 6.01. The molecule has 1 aromatic rings. The van der Waals surface area contributed by atoms with Gasteiger partial charge in [0, 0.05) is 12.6 Å². The first-order valence-corrected chi connectivity index (χ1v) is 7.11. The van der Waals surface area contributed by atoms with Crippen molar-refractivity contribution in [2.24, 2.45) is 0 Å². The Hall–Kier alpha value is -0.980. The summed E-state index contributed by atoms with van der Waals surface area (Å²) >= 11 is 6.07. The highest BCUT2D eigenvalue weighted by molar-refractivity contribution is 6.32. The van der Waals surface area contributed by atoms with Gasteiger partial charge in [-0.1, -0.05) is 17.7 Å². The van der Waals surface area contributed by atoms with Crippen molar-refractivity contribution in [3.8, 4) is 5.75 Å². The van der Waals surface area contributed by atoms with Crippen LogP contribution in [0.2, 0.25) is 5.02 Å². The highest BCUT2D eigenvalue weighted by Gasteiger charge is 2.27. The van der Waals surface area contributed by atoms with Gasteiger partial charge in [-0.25, -0.2) is 0 Å². The highest BCUT2D eigenvalue weighted by Crippen LogP contribution is 2.26. The lowest BCUT2D eigenvalue weighted by atomic mass is 10.2. The van der Waals surface area contributed by atoms with Gasteiger partial charge in [0.1, 0.15) is 19.0 Å². The first kappa shape index (κ1) is 16.4. The Kier molecular flexibility index (Phi) is 5.72. The zero-order valence-corrected chi connectivity index (χ0v) is 12.1. The Bertz CT molecular complexity index is 464. The number of benzene rings is 1. The van der Waals surface area contributed by atoms with E-state index in [2.05, 4.69) is 10.1 Å². The number of hydrogen-bond donors (Lipinski definition) is 1. The van der Waals surface area contributed by atoms with Crippen molar-refractivity contribution in [2.75, 3.05) is 19.8 Å². The van der Waals surface area contributed by atoms with Crippen LogP contribution in [0.4, 0.5) is 13.2 Å². The quantitative estimate of drug-likeness (QED) is 0.742. The van der Waals surface area contributed by atoms with E-state index in [1.54, 1.807) is 12.1 Å². The van der Waals surface area contributed by atoms with Crippen molar-refractivity contribution in [2.45, 2.75) is 31.6 Å². The Morgan fingerprint density at radius 1 is 1.24 bits per heavy atom. The summed E-state index contributed by atoms with van der Waals surface area (Å²) in [7, 11) is 0. The SMILES string of the molecule is FC(F)(F)COCCOc1ccc(CNC2CC2)cc1Cl. The van der Waals surface area contributed by atoms with E-state index in [4.69, 9.17) is 16.3 Å². The Balaban J connectivity index is 1.70. The molecule has 1 N–H and O–H groups in total. The summed E-state index contributed by atoms with van der Waals surface area (Å²) in [4.78, 5) is 0. The lowest BCUT2D eigenvalue weighted by molar-refractivity contribution is -0.175. The third-order valence-corrected chi connectivity index (χ3v) is 3.21. The first-order valence-electron chi connectivity index (χ1n) is 6.73. The van der Waals surface area contributed by atoms with Crippen molar-refractivity contribution in [3.63, 3.8) is 0 Å². The fraction of sp³-hybridized carbons (Fsp3) is 0.571. The molecule has 1 aromatic carbocycles. The average Bonchev–Trinajstić information content (AvgIpc) is 3.21. The molecule has 7 heteroatoms. The molecule has 2 rings (SSSR count). The lowest BCUT2D eigenvalue weighted by Gasteiger charge is -2.11. The Labute approximate surface area is 126 Å². The summed E-state index contributed by atoms with van der Waals surface area (Å²) < 4.78 is 45.3. The highest BCUT2D eigenvalue weighted by atomic mass is 35.5. The summed E-state index contributed by atoms with van der Waals surface area (Å²) in [5.74, 6) is 0.447. The molecule has 0 unspecified atom stereocenters. The summed E-state index contributed by atoms with van der Waals surface area (Å²) in [6.07, 6.45) is -1.88. The molecule has 1 aliphatic carbocycles. The van der Waals surface area contributed by atoms with E-state index in [0.717, 1.165) is 12.1 Å². The molecule has 0 aliphatic heterocycles. The van der Waals surface area contributed by atoms with Crippen LogP contribution in [0.5, 0.6) is 5.75 Å². The normalized spacial score (nSPS) is 15.2. The number of rotatable bonds is 8. The Morgan fingerprint density at radius 2 is 2.00 bits per heavy atom. The summed E-state index contributed by atoms with van der Waals surface area (Å²) in [6.45, 7) is -0.633. The summed E-state index contributed by atoms with van der Waals surface area (Å²) in [5, 5.41) is 3.81. The second-order valence-corrected chi connectivity index (χ2v) is 5.34. The van der Waals surface area contributed by atoms with E-state index >= 15 is 0 Å². The molecule has 0 spiro atoms. The molecule has 1 aliphatic rings. The van der Waals surface area contributed by atoms with Crippen LogP contribution in [0.25, 0.3) is 0 Å². The maximum absolute atomic E-state index is 11.9. The average molecular weight is 324 g/mol. The van der Waals surface area contributed by atoms with E-state index in [9.17, 15) is 13.2 Å². The molecule has 3 nitrogen and oxygen atoms in total. The van der Waals surface area contributed by atoms with Crippen molar-refractivity contribution in [1.82, 2.24) is 5.32 Å². The fourth-order valence-electron chi connectivity index (χ4n) is 1.72. The number of hydrogen-bond acceptors (Lipinski definition) is 3. The predicted octanol–water partition coefficient (Wildman–Crippen LogP) is 3.55. The van der Waals surface area contributed by atoms with Gasteiger partial charge in [-0.15, -0.1) is 0 Å². The van der Waals surface area contributed by atoms with Crippen molar-refractivity contribution in [3.05, 3.63) is 28.8 Å². The molecule has 0 heterocycles. The standard InChI is InChI=1S/C14H17ClF3NO2/c15-12-7-10(8-19-11-2-3-11)1-4-13(12)21-6-5-20-9-14(16,17)18/h1,4,7,11,19H,2-3,5-6,8-9H2. The number of alkyl halides is 3. The van der Waals surface area contributed by atoms with Gasteiger partial charge in [0.15, 0.2) is 0 Å². The van der Waals surface area contributed by atoms with Crippen molar-refractivity contribution < 1.29 is 22.6 Å². The molecule has 21 heavy (non-hydrogen) atoms. The number of ether oxygens (including phenoxy) is 2. The second-order valence-electron chi connectivity index (χ2n) is 4.94. The molecule has 0 amide bonds. The topological polar surface area (TPSA) is 30.5 Å². The summed E-state index contributed by atoms with van der Waals surface area (Å²) in [5.41, 5.74) is 1.05. The minimum absolute atomic E-state index is 0.0233. The monoisotopic (exact) mass is 323 g/mol. The van der Waals surface area contributed by atoms with Gasteiger partial charge in [0.2, 0.25) is 0 Å². The first-order chi connectivity index (χ1) is 9.94. The maximum atomic E-state index is 11.9. The van der Waals surface area contributed by atoms with Gasteiger partial charge in [0.05, 0.1) is 11.6 Å². The van der Waals surface area contributed by atoms with Crippen LogP contribution >= 0.6 is 11.6 Å². The van der Waals surface area contributed by atoms with Gasteiger partial charge in [-0.3, -0.25) is 0 Å². The largest absolute Gasteiger partial charge is 0.490 e. The minimum Gasteiger partial charge on any atom is -0.490 e. The molecule has 118 valence electrons. The van der Waals surface area contributed by atoms with Crippen LogP contribution in [0, 0.1) is 0 Å². The van der Waals surface area contributed by atoms with Crippen LogP contribution in [-0.2, 0) is 11.3 Å². The van der Waals surface area contributed by atoms with Gasteiger partial charge >= 0.3 is 6.18 Å². The minimum atomic E-state index is -4.31. The molecule has 0 atom stereocenters. The smallest absolute Gasteiger partial charge is 0.411 e.